The molecule has 106 valence electrons. The van der Waals surface area contributed by atoms with Crippen LogP contribution in [0.3, 0.4) is 0 Å². The van der Waals surface area contributed by atoms with E-state index < -0.39 is 0 Å². The van der Waals surface area contributed by atoms with Gasteiger partial charge in [0.15, 0.2) is 5.82 Å². The van der Waals surface area contributed by atoms with Gasteiger partial charge in [0.05, 0.1) is 5.56 Å². The lowest BCUT2D eigenvalue weighted by Crippen LogP contribution is -2.07. The summed E-state index contributed by atoms with van der Waals surface area (Å²) in [7, 11) is 1.61. The quantitative estimate of drug-likeness (QED) is 0.679. The number of ether oxygens (including phenoxy) is 1. The molecule has 20 heavy (non-hydrogen) atoms. The summed E-state index contributed by atoms with van der Waals surface area (Å²) in [5.41, 5.74) is 1.48. The first-order valence-electron chi connectivity index (χ1n) is 6.09. The van der Waals surface area contributed by atoms with E-state index >= 15 is 0 Å². The van der Waals surface area contributed by atoms with E-state index in [1.807, 2.05) is 31.2 Å². The van der Waals surface area contributed by atoms with Gasteiger partial charge in [0.1, 0.15) is 16.4 Å². The van der Waals surface area contributed by atoms with Crippen molar-refractivity contribution < 1.29 is 4.74 Å². The minimum Gasteiger partial charge on any atom is -0.373 e. The molecular formula is C14H13BrCl2N2O. The molecule has 1 aromatic heterocycles. The Kier molecular flexibility index (Phi) is 5.38. The van der Waals surface area contributed by atoms with Crippen molar-refractivity contribution in [3.05, 3.63) is 44.9 Å². The first-order chi connectivity index (χ1) is 9.58. The van der Waals surface area contributed by atoms with E-state index in [2.05, 4.69) is 25.9 Å². The third kappa shape index (κ3) is 3.14. The fourth-order valence-electron chi connectivity index (χ4n) is 1.91. The maximum atomic E-state index is 6.29. The van der Waals surface area contributed by atoms with E-state index in [-0.39, 0.29) is 6.10 Å². The molecule has 6 heteroatoms. The predicted octanol–water partition coefficient (Wildman–Crippen LogP) is 5.31. The fourth-order valence-corrected chi connectivity index (χ4v) is 3.00. The molecule has 1 heterocycles. The summed E-state index contributed by atoms with van der Waals surface area (Å²) < 4.78 is 6.20. The molecule has 0 spiro atoms. The highest BCUT2D eigenvalue weighted by Crippen LogP contribution is 2.37. The number of hydrogen-bond donors (Lipinski definition) is 0. The van der Waals surface area contributed by atoms with Crippen molar-refractivity contribution in [1.82, 2.24) is 9.97 Å². The Morgan fingerprint density at radius 2 is 1.80 bits per heavy atom. The highest BCUT2D eigenvalue weighted by atomic mass is 79.9. The molecule has 3 nitrogen and oxygen atoms in total. The highest BCUT2D eigenvalue weighted by Gasteiger charge is 2.19. The molecule has 0 saturated carbocycles. The van der Waals surface area contributed by atoms with Gasteiger partial charge in [0, 0.05) is 17.1 Å². The highest BCUT2D eigenvalue weighted by molar-refractivity contribution is 9.10. The summed E-state index contributed by atoms with van der Waals surface area (Å²) in [6.45, 7) is 1.99. The van der Waals surface area contributed by atoms with Crippen LogP contribution in [-0.4, -0.2) is 17.1 Å². The molecule has 2 aromatic rings. The average molecular weight is 376 g/mol. The first-order valence-corrected chi connectivity index (χ1v) is 7.64. The first kappa shape index (κ1) is 15.7. The Morgan fingerprint density at radius 1 is 1.20 bits per heavy atom. The van der Waals surface area contributed by atoms with Crippen LogP contribution in [0, 0.1) is 0 Å². The van der Waals surface area contributed by atoms with Crippen molar-refractivity contribution in [3.63, 3.8) is 0 Å². The second-order valence-corrected chi connectivity index (χ2v) is 5.72. The molecule has 0 N–H and O–H groups in total. The van der Waals surface area contributed by atoms with Gasteiger partial charge in [0.25, 0.3) is 0 Å². The zero-order chi connectivity index (χ0) is 14.7. The molecular weight excluding hydrogens is 363 g/mol. The maximum Gasteiger partial charge on any atom is 0.160 e. The lowest BCUT2D eigenvalue weighted by Gasteiger charge is -2.14. The summed E-state index contributed by atoms with van der Waals surface area (Å²) in [6.07, 6.45) is 0.538. The maximum absolute atomic E-state index is 6.29. The van der Waals surface area contributed by atoms with Gasteiger partial charge in [-0.3, -0.25) is 0 Å². The van der Waals surface area contributed by atoms with E-state index in [0.717, 1.165) is 16.5 Å². The molecule has 1 atom stereocenters. The number of methoxy groups -OCH3 is 1. The largest absolute Gasteiger partial charge is 0.373 e. The molecule has 0 aliphatic heterocycles. The van der Waals surface area contributed by atoms with Gasteiger partial charge >= 0.3 is 0 Å². The molecule has 0 radical (unpaired) electrons. The average Bonchev–Trinajstić information content (AvgIpc) is 2.41. The Morgan fingerprint density at radius 3 is 2.30 bits per heavy atom. The van der Waals surface area contributed by atoms with Crippen LogP contribution in [0.5, 0.6) is 0 Å². The molecule has 0 bridgehead atoms. The molecule has 0 saturated heterocycles. The van der Waals surface area contributed by atoms with Crippen molar-refractivity contribution in [2.45, 2.75) is 19.4 Å². The minimum absolute atomic E-state index is 0.210. The Bertz CT molecular complexity index is 595. The monoisotopic (exact) mass is 374 g/mol. The van der Waals surface area contributed by atoms with Crippen molar-refractivity contribution in [1.29, 1.82) is 0 Å². The van der Waals surface area contributed by atoms with Gasteiger partial charge in [-0.2, -0.15) is 0 Å². The third-order valence-corrected chi connectivity index (χ3v) is 4.16. The Balaban J connectivity index is 2.55. The Labute approximate surface area is 136 Å². The summed E-state index contributed by atoms with van der Waals surface area (Å²) in [4.78, 5) is 8.64. The van der Waals surface area contributed by atoms with Gasteiger partial charge in [-0.05, 0) is 12.5 Å². The molecule has 0 aliphatic rings. The van der Waals surface area contributed by atoms with Crippen molar-refractivity contribution in [2.75, 3.05) is 7.11 Å². The van der Waals surface area contributed by atoms with Gasteiger partial charge in [-0.15, -0.1) is 0 Å². The number of aromatic nitrogens is 2. The van der Waals surface area contributed by atoms with Crippen LogP contribution in [0.1, 0.15) is 25.3 Å². The second-order valence-electron chi connectivity index (χ2n) is 4.15. The van der Waals surface area contributed by atoms with Crippen LogP contribution in [0.15, 0.2) is 28.7 Å². The van der Waals surface area contributed by atoms with Crippen LogP contribution in [0.25, 0.3) is 11.1 Å². The number of nitrogens with zero attached hydrogens (tertiary/aromatic N) is 2. The predicted molar refractivity (Wildman–Crippen MR) is 85.2 cm³/mol. The number of halogens is 3. The Hall–Kier alpha value is -0.680. The standard InChI is InChI=1S/C14H13BrCl2N2O/c1-3-10(20-2)14-18-12(16)11(13(17)19-14)8-6-4-5-7-9(8)15/h4-7,10H,3H2,1-2H3. The zero-order valence-electron chi connectivity index (χ0n) is 11.0. The molecule has 1 unspecified atom stereocenters. The minimum atomic E-state index is -0.210. The van der Waals surface area contributed by atoms with E-state index in [0.29, 0.717) is 21.7 Å². The number of benzene rings is 1. The summed E-state index contributed by atoms with van der Waals surface area (Å²) in [5.74, 6) is 0.501. The van der Waals surface area contributed by atoms with E-state index in [1.165, 1.54) is 0 Å². The van der Waals surface area contributed by atoms with Crippen molar-refractivity contribution in [3.8, 4) is 11.1 Å². The fraction of sp³-hybridized carbons (Fsp3) is 0.286. The summed E-state index contributed by atoms with van der Waals surface area (Å²) in [6, 6.07) is 7.65. The van der Waals surface area contributed by atoms with Gasteiger partial charge < -0.3 is 4.74 Å². The third-order valence-electron chi connectivity index (χ3n) is 2.92. The second kappa shape index (κ2) is 6.85. The molecule has 2 rings (SSSR count). The molecule has 1 aromatic carbocycles. The van der Waals surface area contributed by atoms with Crippen LogP contribution in [0.4, 0.5) is 0 Å². The zero-order valence-corrected chi connectivity index (χ0v) is 14.1. The van der Waals surface area contributed by atoms with E-state index in [4.69, 9.17) is 27.9 Å². The van der Waals surface area contributed by atoms with Crippen LogP contribution < -0.4 is 0 Å². The molecule has 0 fully saturated rings. The van der Waals surface area contributed by atoms with Crippen molar-refractivity contribution in [2.24, 2.45) is 0 Å². The van der Waals surface area contributed by atoms with Crippen molar-refractivity contribution >= 4 is 39.1 Å². The van der Waals surface area contributed by atoms with Crippen LogP contribution in [-0.2, 0) is 4.74 Å². The van der Waals surface area contributed by atoms with Gasteiger partial charge in [-0.1, -0.05) is 64.3 Å². The lowest BCUT2D eigenvalue weighted by molar-refractivity contribution is 0.0926. The molecule has 0 aliphatic carbocycles. The number of hydrogen-bond acceptors (Lipinski definition) is 3. The van der Waals surface area contributed by atoms with Crippen LogP contribution >= 0.6 is 39.1 Å². The normalized spacial score (nSPS) is 12.4. The van der Waals surface area contributed by atoms with E-state index in [1.54, 1.807) is 7.11 Å². The lowest BCUT2D eigenvalue weighted by atomic mass is 10.1. The van der Waals surface area contributed by atoms with E-state index in [9.17, 15) is 0 Å². The topological polar surface area (TPSA) is 35.0 Å². The number of rotatable bonds is 4. The SMILES string of the molecule is CCC(OC)c1nc(Cl)c(-c2ccccc2Br)c(Cl)n1. The van der Waals surface area contributed by atoms with Gasteiger partial charge in [0.2, 0.25) is 0 Å². The molecule has 0 amide bonds. The summed E-state index contributed by atoms with van der Waals surface area (Å²) >= 11 is 16.1. The van der Waals surface area contributed by atoms with Crippen LogP contribution in [0.2, 0.25) is 10.3 Å². The smallest absolute Gasteiger partial charge is 0.160 e. The van der Waals surface area contributed by atoms with Gasteiger partial charge in [-0.25, -0.2) is 9.97 Å². The summed E-state index contributed by atoms with van der Waals surface area (Å²) in [5, 5.41) is 0.643.